The molecule has 1 aromatic heterocycles. The van der Waals surface area contributed by atoms with E-state index in [1.54, 1.807) is 11.8 Å². The van der Waals surface area contributed by atoms with E-state index in [-0.39, 0.29) is 11.8 Å². The predicted octanol–water partition coefficient (Wildman–Crippen LogP) is 2.00. The van der Waals surface area contributed by atoms with Crippen LogP contribution in [0.2, 0.25) is 0 Å². The number of carbonyl (C=O) groups is 2. The third kappa shape index (κ3) is 5.05. The molecule has 160 valence electrons. The maximum absolute atomic E-state index is 12.7. The van der Waals surface area contributed by atoms with Crippen LogP contribution in [0.5, 0.6) is 0 Å². The molecule has 0 atom stereocenters. The van der Waals surface area contributed by atoms with E-state index in [1.165, 1.54) is 0 Å². The average molecular weight is 428 g/mol. The molecular weight excluding hydrogens is 398 g/mol. The van der Waals surface area contributed by atoms with Crippen molar-refractivity contribution in [3.05, 3.63) is 41.7 Å². The maximum atomic E-state index is 12.7. The van der Waals surface area contributed by atoms with Crippen molar-refractivity contribution in [2.24, 2.45) is 0 Å². The number of thioether (sulfide) groups is 1. The van der Waals surface area contributed by atoms with Crippen molar-refractivity contribution >= 4 is 23.6 Å². The quantitative estimate of drug-likeness (QED) is 0.685. The Labute approximate surface area is 181 Å². The topological polar surface area (TPSA) is 70.5 Å². The monoisotopic (exact) mass is 427 g/mol. The normalized spacial score (nSPS) is 17.2. The number of aromatic nitrogens is 2. The number of nitrogens with one attached hydrogen (secondary N) is 1. The molecule has 1 saturated heterocycles. The molecule has 8 heteroatoms. The number of piperazine rings is 1. The summed E-state index contributed by atoms with van der Waals surface area (Å²) in [6.07, 6.45) is 2.21. The molecular formula is C22H29N5O2S. The van der Waals surface area contributed by atoms with Crippen molar-refractivity contribution < 1.29 is 9.59 Å². The molecule has 1 aliphatic heterocycles. The molecule has 2 fully saturated rings. The fraction of sp³-hybridized carbons (Fsp3) is 0.500. The van der Waals surface area contributed by atoms with Crippen LogP contribution in [0, 0.1) is 13.8 Å². The van der Waals surface area contributed by atoms with E-state index in [4.69, 9.17) is 0 Å². The van der Waals surface area contributed by atoms with Crippen LogP contribution in [0.3, 0.4) is 0 Å². The second-order valence-corrected chi connectivity index (χ2v) is 9.02. The first-order chi connectivity index (χ1) is 14.5. The van der Waals surface area contributed by atoms with Gasteiger partial charge in [0, 0.05) is 32.2 Å². The van der Waals surface area contributed by atoms with Crippen LogP contribution in [0.1, 0.15) is 24.2 Å². The van der Waals surface area contributed by atoms with Crippen LogP contribution in [0.15, 0.2) is 35.2 Å². The Balaban J connectivity index is 1.27. The summed E-state index contributed by atoms with van der Waals surface area (Å²) < 4.78 is 1.94. The van der Waals surface area contributed by atoms with Gasteiger partial charge in [0.05, 0.1) is 34.3 Å². The lowest BCUT2D eigenvalue weighted by Gasteiger charge is -2.34. The standard InChI is InChI=1S/C22H29N5O2S/c1-16-22(17(2)27(24-16)19-6-4-3-5-7-19)30-15-21(29)26-12-10-25(11-13-26)14-20(28)23-18-8-9-18/h3-7,18H,8-15H2,1-2H3,(H,23,28). The smallest absolute Gasteiger partial charge is 0.234 e. The van der Waals surface area contributed by atoms with Crippen LogP contribution in [0.4, 0.5) is 0 Å². The van der Waals surface area contributed by atoms with Crippen LogP contribution < -0.4 is 5.32 Å². The zero-order valence-corrected chi connectivity index (χ0v) is 18.5. The second kappa shape index (κ2) is 9.22. The number of amides is 2. The van der Waals surface area contributed by atoms with Gasteiger partial charge in [-0.1, -0.05) is 18.2 Å². The highest BCUT2D eigenvalue weighted by Gasteiger charge is 2.26. The van der Waals surface area contributed by atoms with E-state index in [9.17, 15) is 9.59 Å². The number of para-hydroxylation sites is 1. The Morgan fingerprint density at radius 2 is 1.80 bits per heavy atom. The van der Waals surface area contributed by atoms with Crippen molar-refractivity contribution in [2.75, 3.05) is 38.5 Å². The van der Waals surface area contributed by atoms with E-state index in [1.807, 2.05) is 53.8 Å². The largest absolute Gasteiger partial charge is 0.352 e. The Bertz CT molecular complexity index is 902. The highest BCUT2D eigenvalue weighted by Crippen LogP contribution is 2.28. The first-order valence-electron chi connectivity index (χ1n) is 10.5. The fourth-order valence-electron chi connectivity index (χ4n) is 3.74. The van der Waals surface area contributed by atoms with Gasteiger partial charge in [-0.15, -0.1) is 11.8 Å². The molecule has 30 heavy (non-hydrogen) atoms. The fourth-order valence-corrected chi connectivity index (χ4v) is 4.74. The Hall–Kier alpha value is -2.32. The van der Waals surface area contributed by atoms with Gasteiger partial charge in [0.15, 0.2) is 0 Å². The molecule has 0 spiro atoms. The summed E-state index contributed by atoms with van der Waals surface area (Å²) in [6, 6.07) is 10.4. The lowest BCUT2D eigenvalue weighted by molar-refractivity contribution is -0.130. The number of carbonyl (C=O) groups excluding carboxylic acids is 2. The first-order valence-corrected chi connectivity index (χ1v) is 11.5. The molecule has 1 aromatic carbocycles. The van der Waals surface area contributed by atoms with Gasteiger partial charge in [0.2, 0.25) is 11.8 Å². The van der Waals surface area contributed by atoms with Crippen LogP contribution in [-0.2, 0) is 9.59 Å². The number of aryl methyl sites for hydroxylation is 1. The third-order valence-electron chi connectivity index (χ3n) is 5.60. The van der Waals surface area contributed by atoms with Gasteiger partial charge in [0.25, 0.3) is 0 Å². The number of hydrogen-bond acceptors (Lipinski definition) is 5. The Morgan fingerprint density at radius 3 is 2.47 bits per heavy atom. The predicted molar refractivity (Wildman–Crippen MR) is 118 cm³/mol. The van der Waals surface area contributed by atoms with Gasteiger partial charge in [-0.05, 0) is 38.8 Å². The van der Waals surface area contributed by atoms with Gasteiger partial charge < -0.3 is 10.2 Å². The number of nitrogens with zero attached hydrogens (tertiary/aromatic N) is 4. The molecule has 0 unspecified atom stereocenters. The molecule has 2 aliphatic rings. The molecule has 0 bridgehead atoms. The summed E-state index contributed by atoms with van der Waals surface area (Å²) in [5.41, 5.74) is 3.03. The van der Waals surface area contributed by atoms with E-state index in [2.05, 4.69) is 15.3 Å². The van der Waals surface area contributed by atoms with E-state index < -0.39 is 0 Å². The van der Waals surface area contributed by atoms with Gasteiger partial charge in [0.1, 0.15) is 0 Å². The Kier molecular flexibility index (Phi) is 6.43. The summed E-state index contributed by atoms with van der Waals surface area (Å²) in [7, 11) is 0. The van der Waals surface area contributed by atoms with E-state index in [0.29, 0.717) is 31.4 Å². The second-order valence-electron chi connectivity index (χ2n) is 8.03. The lowest BCUT2D eigenvalue weighted by atomic mass is 10.3. The summed E-state index contributed by atoms with van der Waals surface area (Å²) in [5.74, 6) is 0.659. The molecule has 2 amide bonds. The molecule has 1 aliphatic carbocycles. The minimum absolute atomic E-state index is 0.106. The molecule has 4 rings (SSSR count). The molecule has 1 saturated carbocycles. The lowest BCUT2D eigenvalue weighted by Crippen LogP contribution is -2.51. The first kappa shape index (κ1) is 20.9. The van der Waals surface area contributed by atoms with Crippen molar-refractivity contribution in [3.8, 4) is 5.69 Å². The number of benzene rings is 1. The minimum Gasteiger partial charge on any atom is -0.352 e. The van der Waals surface area contributed by atoms with E-state index >= 15 is 0 Å². The van der Waals surface area contributed by atoms with Crippen LogP contribution in [-0.4, -0.2) is 75.9 Å². The average Bonchev–Trinajstić information content (AvgIpc) is 3.51. The molecule has 1 N–H and O–H groups in total. The van der Waals surface area contributed by atoms with Gasteiger partial charge in [-0.25, -0.2) is 4.68 Å². The van der Waals surface area contributed by atoms with Crippen molar-refractivity contribution in [1.29, 1.82) is 0 Å². The van der Waals surface area contributed by atoms with E-state index in [0.717, 1.165) is 47.9 Å². The molecule has 0 radical (unpaired) electrons. The Morgan fingerprint density at radius 1 is 1.10 bits per heavy atom. The molecule has 2 aromatic rings. The summed E-state index contributed by atoms with van der Waals surface area (Å²) >= 11 is 1.56. The minimum atomic E-state index is 0.106. The number of rotatable bonds is 7. The highest BCUT2D eigenvalue weighted by molar-refractivity contribution is 8.00. The summed E-state index contributed by atoms with van der Waals surface area (Å²) in [4.78, 5) is 29.8. The van der Waals surface area contributed by atoms with Crippen LogP contribution >= 0.6 is 11.8 Å². The zero-order chi connectivity index (χ0) is 21.1. The van der Waals surface area contributed by atoms with Gasteiger partial charge in [-0.3, -0.25) is 14.5 Å². The van der Waals surface area contributed by atoms with Crippen molar-refractivity contribution in [2.45, 2.75) is 37.6 Å². The SMILES string of the molecule is Cc1nn(-c2ccccc2)c(C)c1SCC(=O)N1CCN(CC(=O)NC2CC2)CC1. The summed E-state index contributed by atoms with van der Waals surface area (Å²) in [6.45, 7) is 7.33. The molecule has 7 nitrogen and oxygen atoms in total. The number of hydrogen-bond donors (Lipinski definition) is 1. The maximum Gasteiger partial charge on any atom is 0.234 e. The van der Waals surface area contributed by atoms with Crippen LogP contribution in [0.25, 0.3) is 5.69 Å². The van der Waals surface area contributed by atoms with Crippen molar-refractivity contribution in [1.82, 2.24) is 24.9 Å². The zero-order valence-electron chi connectivity index (χ0n) is 17.6. The van der Waals surface area contributed by atoms with Crippen molar-refractivity contribution in [3.63, 3.8) is 0 Å². The summed E-state index contributed by atoms with van der Waals surface area (Å²) in [5, 5.41) is 7.69. The third-order valence-corrected chi connectivity index (χ3v) is 6.87. The van der Waals surface area contributed by atoms with Gasteiger partial charge >= 0.3 is 0 Å². The highest BCUT2D eigenvalue weighted by atomic mass is 32.2. The molecule has 2 heterocycles. The van der Waals surface area contributed by atoms with Gasteiger partial charge in [-0.2, -0.15) is 5.10 Å².